The first-order chi connectivity index (χ1) is 23.8. The number of halogens is 2. The molecule has 2 amide bonds. The molecular formula is C38H43F2N3O7S. The molecule has 1 aliphatic heterocycles. The van der Waals surface area contributed by atoms with Gasteiger partial charge in [0, 0.05) is 54.2 Å². The van der Waals surface area contributed by atoms with Crippen molar-refractivity contribution < 1.29 is 40.7 Å². The van der Waals surface area contributed by atoms with Crippen molar-refractivity contribution in [3.63, 3.8) is 0 Å². The quantitative estimate of drug-likeness (QED) is 0.163. The fourth-order valence-corrected chi connectivity index (χ4v) is 7.27. The summed E-state index contributed by atoms with van der Waals surface area (Å²) in [5.74, 6) is -0.846. The minimum absolute atomic E-state index is 0.0912. The maximum absolute atomic E-state index is 14.1. The van der Waals surface area contributed by atoms with E-state index in [0.29, 0.717) is 27.6 Å². The maximum Gasteiger partial charge on any atom is 0.410 e. The number of ether oxygens (including phenoxy) is 1. The average molecular weight is 724 g/mol. The Morgan fingerprint density at radius 1 is 1.00 bits per heavy atom. The minimum Gasteiger partial charge on any atom is -0.455 e. The van der Waals surface area contributed by atoms with E-state index in [1.54, 1.807) is 67.8 Å². The summed E-state index contributed by atoms with van der Waals surface area (Å²) in [6.45, 7) is 10.1. The molecule has 1 fully saturated rings. The van der Waals surface area contributed by atoms with E-state index in [4.69, 9.17) is 9.15 Å². The van der Waals surface area contributed by atoms with Gasteiger partial charge in [-0.2, -0.15) is 0 Å². The summed E-state index contributed by atoms with van der Waals surface area (Å²) in [4.78, 5) is 43.6. The highest BCUT2D eigenvalue weighted by Gasteiger charge is 2.40. The van der Waals surface area contributed by atoms with Gasteiger partial charge in [0.25, 0.3) is 5.91 Å². The molecule has 10 nitrogen and oxygen atoms in total. The summed E-state index contributed by atoms with van der Waals surface area (Å²) >= 11 is 0. The number of hydrogen-bond acceptors (Lipinski definition) is 7. The van der Waals surface area contributed by atoms with E-state index in [9.17, 15) is 31.6 Å². The van der Waals surface area contributed by atoms with Crippen LogP contribution >= 0.6 is 0 Å². The highest BCUT2D eigenvalue weighted by molar-refractivity contribution is 7.92. The van der Waals surface area contributed by atoms with Crippen LogP contribution in [0.5, 0.6) is 0 Å². The van der Waals surface area contributed by atoms with Crippen LogP contribution in [0.1, 0.15) is 68.7 Å². The number of piperazine rings is 1. The van der Waals surface area contributed by atoms with Crippen LogP contribution in [0.15, 0.2) is 65.1 Å². The SMILES string of the molecule is CCC(=O)c1c(-c2ccc(F)cc2)oc2cc(N(CCF)S(C)(=O)=O)c(-c3cccc(C(=O)N4CCN(C(=O)OC(C)(C)C)CC4(C)C)c3)cc12. The number of ketones is 1. The molecule has 13 heteroatoms. The van der Waals surface area contributed by atoms with E-state index >= 15 is 0 Å². The van der Waals surface area contributed by atoms with Crippen LogP contribution in [-0.2, 0) is 14.8 Å². The van der Waals surface area contributed by atoms with E-state index in [1.807, 2.05) is 13.8 Å². The first-order valence-electron chi connectivity index (χ1n) is 16.7. The summed E-state index contributed by atoms with van der Waals surface area (Å²) in [6, 6.07) is 15.2. The standard InChI is InChI=1S/C38H43F2N3O7S/c1-8-31(44)33-29-21-28(30(43(17-16-39)51(7,47)48)22-32(29)49-34(33)24-12-14-27(40)15-13-24)25-10-9-11-26(20-25)35(45)42-19-18-41(23-38(42,5)6)36(46)50-37(2,3)4/h9-15,20-22H,8,16-19,23H2,1-7H3. The summed E-state index contributed by atoms with van der Waals surface area (Å²) < 4.78 is 66.5. The molecule has 3 aromatic carbocycles. The van der Waals surface area contributed by atoms with Crippen LogP contribution in [-0.4, -0.2) is 86.3 Å². The number of carbonyl (C=O) groups is 3. The Labute approximate surface area is 297 Å². The molecule has 4 aromatic rings. The number of fused-ring (bicyclic) bond motifs is 1. The lowest BCUT2D eigenvalue weighted by molar-refractivity contribution is -0.0108. The Morgan fingerprint density at radius 2 is 1.69 bits per heavy atom. The molecule has 272 valence electrons. The first-order valence-corrected chi connectivity index (χ1v) is 18.5. The number of rotatable bonds is 9. The lowest BCUT2D eigenvalue weighted by Crippen LogP contribution is -2.62. The summed E-state index contributed by atoms with van der Waals surface area (Å²) in [7, 11) is -4.02. The number of anilines is 1. The molecule has 0 spiro atoms. The van der Waals surface area contributed by atoms with Crippen molar-refractivity contribution in [1.82, 2.24) is 9.80 Å². The number of sulfonamides is 1. The van der Waals surface area contributed by atoms with Gasteiger partial charge in [-0.05, 0) is 82.6 Å². The van der Waals surface area contributed by atoms with Crippen molar-refractivity contribution in [2.45, 2.75) is 59.1 Å². The molecule has 5 rings (SSSR count). The molecule has 2 heterocycles. The van der Waals surface area contributed by atoms with Crippen molar-refractivity contribution >= 4 is 44.5 Å². The molecule has 0 atom stereocenters. The summed E-state index contributed by atoms with van der Waals surface area (Å²) in [5, 5.41) is 0.379. The van der Waals surface area contributed by atoms with Crippen molar-refractivity contribution in [3.05, 3.63) is 77.6 Å². The van der Waals surface area contributed by atoms with Crippen LogP contribution in [0.4, 0.5) is 19.3 Å². The first kappa shape index (κ1) is 37.5. The van der Waals surface area contributed by atoms with Crippen molar-refractivity contribution in [2.75, 3.05) is 43.4 Å². The predicted octanol–water partition coefficient (Wildman–Crippen LogP) is 7.71. The van der Waals surface area contributed by atoms with E-state index in [2.05, 4.69) is 0 Å². The minimum atomic E-state index is -4.02. The lowest BCUT2D eigenvalue weighted by atomic mass is 9.94. The number of nitrogens with zero attached hydrogens (tertiary/aromatic N) is 3. The monoisotopic (exact) mass is 723 g/mol. The molecule has 0 aliphatic carbocycles. The summed E-state index contributed by atoms with van der Waals surface area (Å²) in [6.07, 6.45) is 0.630. The molecule has 1 saturated heterocycles. The molecule has 51 heavy (non-hydrogen) atoms. The Morgan fingerprint density at radius 3 is 2.27 bits per heavy atom. The Kier molecular flexibility index (Phi) is 10.4. The molecule has 0 unspecified atom stereocenters. The van der Waals surface area contributed by atoms with Crippen LogP contribution in [0.3, 0.4) is 0 Å². The molecule has 0 N–H and O–H groups in total. The number of furan rings is 1. The van der Waals surface area contributed by atoms with Gasteiger partial charge >= 0.3 is 6.09 Å². The largest absolute Gasteiger partial charge is 0.455 e. The van der Waals surface area contributed by atoms with Gasteiger partial charge in [-0.15, -0.1) is 0 Å². The third kappa shape index (κ3) is 7.93. The van der Waals surface area contributed by atoms with Gasteiger partial charge in [0.05, 0.1) is 29.6 Å². The topological polar surface area (TPSA) is 117 Å². The fraction of sp³-hybridized carbons (Fsp3) is 0.395. The maximum atomic E-state index is 14.1. The average Bonchev–Trinajstić information content (AvgIpc) is 3.43. The van der Waals surface area contributed by atoms with Crippen LogP contribution in [0.2, 0.25) is 0 Å². The number of amides is 2. The smallest absolute Gasteiger partial charge is 0.410 e. The second-order valence-corrected chi connectivity index (χ2v) is 16.1. The van der Waals surface area contributed by atoms with Gasteiger partial charge < -0.3 is 19.0 Å². The number of benzene rings is 3. The van der Waals surface area contributed by atoms with Crippen LogP contribution in [0.25, 0.3) is 33.4 Å². The number of alkyl halides is 1. The van der Waals surface area contributed by atoms with Crippen molar-refractivity contribution in [3.8, 4) is 22.5 Å². The molecule has 1 aromatic heterocycles. The third-order valence-electron chi connectivity index (χ3n) is 8.69. The van der Waals surface area contributed by atoms with Gasteiger partial charge in [0.1, 0.15) is 29.4 Å². The van der Waals surface area contributed by atoms with E-state index < -0.39 is 46.3 Å². The second-order valence-electron chi connectivity index (χ2n) is 14.2. The van der Waals surface area contributed by atoms with Crippen molar-refractivity contribution in [1.29, 1.82) is 0 Å². The van der Waals surface area contributed by atoms with Crippen molar-refractivity contribution in [2.24, 2.45) is 0 Å². The molecule has 1 aliphatic rings. The number of hydrogen-bond donors (Lipinski definition) is 0. The lowest BCUT2D eigenvalue weighted by Gasteiger charge is -2.47. The normalized spacial score (nSPS) is 14.8. The van der Waals surface area contributed by atoms with Crippen LogP contribution < -0.4 is 4.31 Å². The highest BCUT2D eigenvalue weighted by atomic mass is 32.2. The zero-order chi connectivity index (χ0) is 37.5. The molecular weight excluding hydrogens is 680 g/mol. The summed E-state index contributed by atoms with van der Waals surface area (Å²) in [5.41, 5.74) is 0.579. The van der Waals surface area contributed by atoms with Gasteiger partial charge in [-0.1, -0.05) is 19.1 Å². The Hall–Kier alpha value is -4.78. The predicted molar refractivity (Wildman–Crippen MR) is 193 cm³/mol. The Bertz CT molecular complexity index is 2090. The highest BCUT2D eigenvalue weighted by Crippen LogP contribution is 2.42. The number of carbonyl (C=O) groups excluding carboxylic acids is 3. The van der Waals surface area contributed by atoms with Gasteiger partial charge in [0.2, 0.25) is 10.0 Å². The zero-order valence-electron chi connectivity index (χ0n) is 29.9. The van der Waals surface area contributed by atoms with Gasteiger partial charge in [0.15, 0.2) is 5.78 Å². The van der Waals surface area contributed by atoms with Gasteiger partial charge in [-0.3, -0.25) is 13.9 Å². The number of Topliss-reactive ketones (excluding diaryl/α,β-unsaturated/α-hetero) is 1. The second kappa shape index (κ2) is 14.1. The zero-order valence-corrected chi connectivity index (χ0v) is 30.7. The van der Waals surface area contributed by atoms with Crippen LogP contribution in [0, 0.1) is 5.82 Å². The Balaban J connectivity index is 1.63. The molecule has 0 saturated carbocycles. The van der Waals surface area contributed by atoms with Gasteiger partial charge in [-0.25, -0.2) is 22.0 Å². The molecule has 0 bridgehead atoms. The fourth-order valence-electron chi connectivity index (χ4n) is 6.36. The molecule has 0 radical (unpaired) electrons. The third-order valence-corrected chi connectivity index (χ3v) is 9.87. The van der Waals surface area contributed by atoms with E-state index in [-0.39, 0.29) is 60.3 Å². The van der Waals surface area contributed by atoms with E-state index in [1.165, 1.54) is 30.3 Å². The van der Waals surface area contributed by atoms with E-state index in [0.717, 1.165) is 10.6 Å².